The standard InChI is InChI=1S/C7H11O3/c1-9-7(8)6-2-4-10-5-3-6/h6H,1-5H2. The van der Waals surface area contributed by atoms with E-state index in [4.69, 9.17) is 4.74 Å². The molecule has 1 radical (unpaired) electrons. The third kappa shape index (κ3) is 1.70. The van der Waals surface area contributed by atoms with Crippen molar-refractivity contribution in [2.24, 2.45) is 5.92 Å². The number of ether oxygens (including phenoxy) is 2. The molecule has 3 nitrogen and oxygen atoms in total. The Morgan fingerprint density at radius 3 is 2.60 bits per heavy atom. The summed E-state index contributed by atoms with van der Waals surface area (Å²) < 4.78 is 9.41. The maximum Gasteiger partial charge on any atom is 0.309 e. The van der Waals surface area contributed by atoms with Crippen LogP contribution in [-0.2, 0) is 14.3 Å². The van der Waals surface area contributed by atoms with Crippen LogP contribution >= 0.6 is 0 Å². The molecule has 0 saturated carbocycles. The molecule has 0 amide bonds. The zero-order valence-corrected chi connectivity index (χ0v) is 5.84. The van der Waals surface area contributed by atoms with Gasteiger partial charge in [-0.3, -0.25) is 4.79 Å². The Labute approximate surface area is 60.3 Å². The van der Waals surface area contributed by atoms with Gasteiger partial charge in [-0.15, -0.1) is 0 Å². The summed E-state index contributed by atoms with van der Waals surface area (Å²) in [6.07, 6.45) is 1.54. The zero-order valence-electron chi connectivity index (χ0n) is 5.84. The fourth-order valence-corrected chi connectivity index (χ4v) is 1.05. The smallest absolute Gasteiger partial charge is 0.309 e. The zero-order chi connectivity index (χ0) is 7.40. The molecular weight excluding hydrogens is 132 g/mol. The second-order valence-corrected chi connectivity index (χ2v) is 2.35. The van der Waals surface area contributed by atoms with Crippen molar-refractivity contribution in [2.75, 3.05) is 13.2 Å². The first-order chi connectivity index (χ1) is 4.84. The number of hydrogen-bond acceptors (Lipinski definition) is 3. The number of esters is 1. The molecule has 0 N–H and O–H groups in total. The van der Waals surface area contributed by atoms with Crippen LogP contribution in [0.2, 0.25) is 0 Å². The second kappa shape index (κ2) is 3.56. The highest BCUT2D eigenvalue weighted by Gasteiger charge is 2.21. The van der Waals surface area contributed by atoms with E-state index >= 15 is 0 Å². The lowest BCUT2D eigenvalue weighted by Gasteiger charge is -2.18. The van der Waals surface area contributed by atoms with Gasteiger partial charge in [0.05, 0.1) is 5.92 Å². The molecule has 1 aliphatic heterocycles. The first-order valence-electron chi connectivity index (χ1n) is 3.38. The van der Waals surface area contributed by atoms with Crippen LogP contribution in [0.3, 0.4) is 0 Å². The normalized spacial score (nSPS) is 20.5. The Morgan fingerprint density at radius 2 is 2.10 bits per heavy atom. The van der Waals surface area contributed by atoms with Crippen molar-refractivity contribution < 1.29 is 14.3 Å². The minimum Gasteiger partial charge on any atom is -0.462 e. The van der Waals surface area contributed by atoms with Crippen LogP contribution in [-0.4, -0.2) is 19.2 Å². The maximum atomic E-state index is 10.8. The van der Waals surface area contributed by atoms with Gasteiger partial charge in [0.15, 0.2) is 0 Å². The molecular formula is C7H11O3. The molecule has 0 unspecified atom stereocenters. The third-order valence-electron chi connectivity index (χ3n) is 1.70. The van der Waals surface area contributed by atoms with E-state index in [0.717, 1.165) is 12.8 Å². The SMILES string of the molecule is [CH2]OC(=O)C1CCOCC1. The summed E-state index contributed by atoms with van der Waals surface area (Å²) in [5.74, 6) is -0.186. The van der Waals surface area contributed by atoms with Crippen molar-refractivity contribution in [1.82, 2.24) is 0 Å². The number of carbonyl (C=O) groups is 1. The quantitative estimate of drug-likeness (QED) is 0.508. The molecule has 1 fully saturated rings. The number of rotatable bonds is 1. The van der Waals surface area contributed by atoms with Gasteiger partial charge in [-0.2, -0.15) is 0 Å². The van der Waals surface area contributed by atoms with Crippen LogP contribution < -0.4 is 0 Å². The Hall–Kier alpha value is -0.570. The fraction of sp³-hybridized carbons (Fsp3) is 0.714. The van der Waals surface area contributed by atoms with Crippen LogP contribution in [0.4, 0.5) is 0 Å². The molecule has 1 aliphatic rings. The highest BCUT2D eigenvalue weighted by molar-refractivity contribution is 5.72. The van der Waals surface area contributed by atoms with E-state index in [1.54, 1.807) is 0 Å². The van der Waals surface area contributed by atoms with Crippen LogP contribution in [0.1, 0.15) is 12.8 Å². The lowest BCUT2D eigenvalue weighted by molar-refractivity contribution is -0.146. The molecule has 1 saturated heterocycles. The molecule has 0 bridgehead atoms. The maximum absolute atomic E-state index is 10.8. The van der Waals surface area contributed by atoms with Crippen molar-refractivity contribution >= 4 is 5.97 Å². The molecule has 0 spiro atoms. The third-order valence-corrected chi connectivity index (χ3v) is 1.70. The monoisotopic (exact) mass is 143 g/mol. The predicted molar refractivity (Wildman–Crippen MR) is 35.0 cm³/mol. The average Bonchev–Trinajstić information content (AvgIpc) is 2.05. The van der Waals surface area contributed by atoms with Crippen LogP contribution in [0, 0.1) is 13.0 Å². The van der Waals surface area contributed by atoms with Gasteiger partial charge in [0.1, 0.15) is 7.11 Å². The number of hydrogen-bond donors (Lipinski definition) is 0. The van der Waals surface area contributed by atoms with Crippen molar-refractivity contribution in [1.29, 1.82) is 0 Å². The fourth-order valence-electron chi connectivity index (χ4n) is 1.05. The first kappa shape index (κ1) is 7.54. The van der Waals surface area contributed by atoms with Gasteiger partial charge in [-0.05, 0) is 12.8 Å². The molecule has 1 heterocycles. The van der Waals surface area contributed by atoms with E-state index in [-0.39, 0.29) is 11.9 Å². The van der Waals surface area contributed by atoms with Crippen molar-refractivity contribution in [3.63, 3.8) is 0 Å². The Balaban J connectivity index is 2.31. The van der Waals surface area contributed by atoms with E-state index in [1.807, 2.05) is 0 Å². The van der Waals surface area contributed by atoms with Crippen LogP contribution in [0.25, 0.3) is 0 Å². The van der Waals surface area contributed by atoms with Crippen molar-refractivity contribution in [2.45, 2.75) is 12.8 Å². The Kier molecular flexibility index (Phi) is 2.68. The van der Waals surface area contributed by atoms with Gasteiger partial charge in [0.25, 0.3) is 0 Å². The van der Waals surface area contributed by atoms with Gasteiger partial charge >= 0.3 is 5.97 Å². The van der Waals surface area contributed by atoms with E-state index in [0.29, 0.717) is 13.2 Å². The van der Waals surface area contributed by atoms with Crippen LogP contribution in [0.5, 0.6) is 0 Å². The molecule has 0 aromatic rings. The summed E-state index contributed by atoms with van der Waals surface area (Å²) in [6, 6.07) is 0. The topological polar surface area (TPSA) is 35.5 Å². The van der Waals surface area contributed by atoms with Crippen molar-refractivity contribution in [3.05, 3.63) is 7.11 Å². The van der Waals surface area contributed by atoms with Crippen molar-refractivity contribution in [3.8, 4) is 0 Å². The molecule has 3 heteroatoms. The molecule has 0 aromatic heterocycles. The summed E-state index contributed by atoms with van der Waals surface area (Å²) in [7, 11) is 3.07. The second-order valence-electron chi connectivity index (χ2n) is 2.35. The lowest BCUT2D eigenvalue weighted by atomic mass is 10.0. The molecule has 1 rings (SSSR count). The lowest BCUT2D eigenvalue weighted by Crippen LogP contribution is -2.23. The van der Waals surface area contributed by atoms with E-state index in [9.17, 15) is 4.79 Å². The van der Waals surface area contributed by atoms with Gasteiger partial charge < -0.3 is 9.47 Å². The summed E-state index contributed by atoms with van der Waals surface area (Å²) in [5.41, 5.74) is 0. The summed E-state index contributed by atoms with van der Waals surface area (Å²) in [5, 5.41) is 0. The number of carbonyl (C=O) groups excluding carboxylic acids is 1. The highest BCUT2D eigenvalue weighted by atomic mass is 16.5. The molecule has 10 heavy (non-hydrogen) atoms. The summed E-state index contributed by atoms with van der Waals surface area (Å²) >= 11 is 0. The Morgan fingerprint density at radius 1 is 1.50 bits per heavy atom. The van der Waals surface area contributed by atoms with E-state index < -0.39 is 0 Å². The first-order valence-corrected chi connectivity index (χ1v) is 3.38. The molecule has 0 aliphatic carbocycles. The minimum atomic E-state index is -0.205. The highest BCUT2D eigenvalue weighted by Crippen LogP contribution is 2.15. The van der Waals surface area contributed by atoms with Gasteiger partial charge in [0, 0.05) is 13.2 Å². The molecule has 0 aromatic carbocycles. The largest absolute Gasteiger partial charge is 0.462 e. The van der Waals surface area contributed by atoms with Gasteiger partial charge in [-0.25, -0.2) is 0 Å². The van der Waals surface area contributed by atoms with Crippen LogP contribution in [0.15, 0.2) is 0 Å². The average molecular weight is 143 g/mol. The van der Waals surface area contributed by atoms with E-state index in [1.165, 1.54) is 0 Å². The van der Waals surface area contributed by atoms with E-state index in [2.05, 4.69) is 11.8 Å². The minimum absolute atomic E-state index is 0.0197. The Bertz CT molecular complexity index is 116. The summed E-state index contributed by atoms with van der Waals surface area (Å²) in [6.45, 7) is 1.33. The van der Waals surface area contributed by atoms with Gasteiger partial charge in [0.2, 0.25) is 0 Å². The van der Waals surface area contributed by atoms with Gasteiger partial charge in [-0.1, -0.05) is 0 Å². The molecule has 57 valence electrons. The predicted octanol–water partition coefficient (Wildman–Crippen LogP) is 0.748. The molecule has 0 atom stereocenters. The summed E-state index contributed by atoms with van der Waals surface area (Å²) in [4.78, 5) is 10.8.